The van der Waals surface area contributed by atoms with E-state index in [1.165, 1.54) is 6.42 Å². The molecule has 0 amide bonds. The summed E-state index contributed by atoms with van der Waals surface area (Å²) in [5.74, 6) is 1.54. The van der Waals surface area contributed by atoms with Gasteiger partial charge >= 0.3 is 5.97 Å². The molecule has 1 aromatic carbocycles. The lowest BCUT2D eigenvalue weighted by molar-refractivity contribution is -0.150. The van der Waals surface area contributed by atoms with E-state index in [9.17, 15) is 9.90 Å². The topological polar surface area (TPSA) is 46.5 Å². The van der Waals surface area contributed by atoms with Crippen LogP contribution in [0, 0.1) is 17.3 Å². The van der Waals surface area contributed by atoms with Crippen LogP contribution in [-0.4, -0.2) is 17.7 Å². The standard InChI is InChI=1S/C15H18O3/c16-14(17)15(9-11-8-12(11)10-15)6-7-18-13-4-2-1-3-5-13/h1-5,11-12H,6-10H2,(H,16,17). The van der Waals surface area contributed by atoms with Gasteiger partial charge in [0.25, 0.3) is 0 Å². The molecule has 3 heteroatoms. The SMILES string of the molecule is O=C(O)C1(CCOc2ccccc2)CC2CC2C1. The van der Waals surface area contributed by atoms with E-state index in [1.54, 1.807) is 0 Å². The van der Waals surface area contributed by atoms with Crippen LogP contribution < -0.4 is 4.74 Å². The molecule has 2 saturated carbocycles. The highest BCUT2D eigenvalue weighted by molar-refractivity contribution is 5.75. The van der Waals surface area contributed by atoms with E-state index in [1.807, 2.05) is 30.3 Å². The van der Waals surface area contributed by atoms with Gasteiger partial charge in [-0.3, -0.25) is 4.79 Å². The van der Waals surface area contributed by atoms with Gasteiger partial charge in [0.2, 0.25) is 0 Å². The van der Waals surface area contributed by atoms with Crippen molar-refractivity contribution in [1.29, 1.82) is 0 Å². The number of carboxylic acid groups (broad SMARTS) is 1. The van der Waals surface area contributed by atoms with Crippen LogP contribution in [0.15, 0.2) is 30.3 Å². The van der Waals surface area contributed by atoms with Gasteiger partial charge < -0.3 is 9.84 Å². The maximum atomic E-state index is 11.5. The molecule has 2 atom stereocenters. The first kappa shape index (κ1) is 11.6. The molecule has 2 fully saturated rings. The van der Waals surface area contributed by atoms with Gasteiger partial charge in [0.15, 0.2) is 0 Å². The van der Waals surface area contributed by atoms with Crippen LogP contribution in [0.3, 0.4) is 0 Å². The third kappa shape index (κ3) is 2.09. The molecule has 0 aromatic heterocycles. The van der Waals surface area contributed by atoms with Crippen LogP contribution in [0.2, 0.25) is 0 Å². The number of hydrogen-bond acceptors (Lipinski definition) is 2. The highest BCUT2D eigenvalue weighted by Gasteiger charge is 2.57. The zero-order chi connectivity index (χ0) is 12.6. The van der Waals surface area contributed by atoms with Crippen molar-refractivity contribution in [3.63, 3.8) is 0 Å². The Labute approximate surface area is 107 Å². The Morgan fingerprint density at radius 2 is 1.94 bits per heavy atom. The minimum absolute atomic E-state index is 0.496. The molecule has 0 saturated heterocycles. The van der Waals surface area contributed by atoms with E-state index in [4.69, 9.17) is 4.74 Å². The third-order valence-corrected chi connectivity index (χ3v) is 4.42. The summed E-state index contributed by atoms with van der Waals surface area (Å²) in [5, 5.41) is 9.44. The second-order valence-corrected chi connectivity index (χ2v) is 5.66. The van der Waals surface area contributed by atoms with Gasteiger partial charge in [0.05, 0.1) is 12.0 Å². The summed E-state index contributed by atoms with van der Waals surface area (Å²) >= 11 is 0. The van der Waals surface area contributed by atoms with Crippen molar-refractivity contribution in [3.8, 4) is 5.75 Å². The first-order valence-electron chi connectivity index (χ1n) is 6.61. The Hall–Kier alpha value is -1.51. The summed E-state index contributed by atoms with van der Waals surface area (Å²) in [6, 6.07) is 9.59. The predicted molar refractivity (Wildman–Crippen MR) is 67.5 cm³/mol. The molecule has 0 aliphatic heterocycles. The Balaban J connectivity index is 1.56. The first-order valence-corrected chi connectivity index (χ1v) is 6.61. The maximum Gasteiger partial charge on any atom is 0.309 e. The second-order valence-electron chi connectivity index (χ2n) is 5.66. The summed E-state index contributed by atoms with van der Waals surface area (Å²) in [6.07, 6.45) is 3.58. The van der Waals surface area contributed by atoms with Crippen molar-refractivity contribution in [1.82, 2.24) is 0 Å². The number of aliphatic carboxylic acids is 1. The molecule has 3 rings (SSSR count). The van der Waals surface area contributed by atoms with Gasteiger partial charge in [-0.25, -0.2) is 0 Å². The number of ether oxygens (including phenoxy) is 1. The Bertz CT molecular complexity index is 430. The Kier molecular flexibility index (Phi) is 2.77. The highest BCUT2D eigenvalue weighted by atomic mass is 16.5. The quantitative estimate of drug-likeness (QED) is 0.868. The first-order chi connectivity index (χ1) is 8.70. The number of hydrogen-bond donors (Lipinski definition) is 1. The molecule has 1 N–H and O–H groups in total. The molecule has 1 aromatic rings. The van der Waals surface area contributed by atoms with Crippen LogP contribution in [0.1, 0.15) is 25.7 Å². The molecule has 2 aliphatic carbocycles. The number of fused-ring (bicyclic) bond motifs is 1. The largest absolute Gasteiger partial charge is 0.494 e. The minimum atomic E-state index is -0.633. The number of para-hydroxylation sites is 1. The van der Waals surface area contributed by atoms with Crippen molar-refractivity contribution in [2.75, 3.05) is 6.61 Å². The monoisotopic (exact) mass is 246 g/mol. The van der Waals surface area contributed by atoms with E-state index < -0.39 is 11.4 Å². The summed E-state index contributed by atoms with van der Waals surface area (Å²) in [4.78, 5) is 11.5. The van der Waals surface area contributed by atoms with E-state index in [0.717, 1.165) is 18.6 Å². The second kappa shape index (κ2) is 4.30. The average Bonchev–Trinajstić information content (AvgIpc) is 2.98. The normalized spacial score (nSPS) is 32.9. The zero-order valence-electron chi connectivity index (χ0n) is 10.3. The predicted octanol–water partition coefficient (Wildman–Crippen LogP) is 2.96. The van der Waals surface area contributed by atoms with Crippen LogP contribution in [0.5, 0.6) is 5.75 Å². The van der Waals surface area contributed by atoms with Crippen molar-refractivity contribution >= 4 is 5.97 Å². The lowest BCUT2D eigenvalue weighted by Crippen LogP contribution is -2.31. The molecule has 0 spiro atoms. The van der Waals surface area contributed by atoms with Gasteiger partial charge in [0, 0.05) is 0 Å². The average molecular weight is 246 g/mol. The summed E-state index contributed by atoms with van der Waals surface area (Å²) in [6.45, 7) is 0.496. The van der Waals surface area contributed by atoms with Crippen LogP contribution in [0.4, 0.5) is 0 Å². The fraction of sp³-hybridized carbons (Fsp3) is 0.533. The Morgan fingerprint density at radius 1 is 1.28 bits per heavy atom. The maximum absolute atomic E-state index is 11.5. The number of carbonyl (C=O) groups is 1. The number of rotatable bonds is 5. The van der Waals surface area contributed by atoms with Gasteiger partial charge in [-0.15, -0.1) is 0 Å². The smallest absolute Gasteiger partial charge is 0.309 e. The van der Waals surface area contributed by atoms with Crippen molar-refractivity contribution in [2.24, 2.45) is 17.3 Å². The Morgan fingerprint density at radius 3 is 2.56 bits per heavy atom. The molecule has 2 unspecified atom stereocenters. The molecular weight excluding hydrogens is 228 g/mol. The minimum Gasteiger partial charge on any atom is -0.494 e. The van der Waals surface area contributed by atoms with E-state index >= 15 is 0 Å². The van der Waals surface area contributed by atoms with Gasteiger partial charge in [0.1, 0.15) is 5.75 Å². The molecule has 2 aliphatic rings. The van der Waals surface area contributed by atoms with Crippen LogP contribution >= 0.6 is 0 Å². The van der Waals surface area contributed by atoms with Gasteiger partial charge in [-0.05, 0) is 49.7 Å². The highest BCUT2D eigenvalue weighted by Crippen LogP contribution is 2.61. The summed E-state index contributed by atoms with van der Waals surface area (Å²) < 4.78 is 5.63. The summed E-state index contributed by atoms with van der Waals surface area (Å²) in [5.41, 5.74) is -0.512. The fourth-order valence-electron chi connectivity index (χ4n) is 3.26. The lowest BCUT2D eigenvalue weighted by atomic mass is 9.80. The zero-order valence-corrected chi connectivity index (χ0v) is 10.3. The molecule has 3 nitrogen and oxygen atoms in total. The fourth-order valence-corrected chi connectivity index (χ4v) is 3.26. The molecule has 0 radical (unpaired) electrons. The van der Waals surface area contributed by atoms with Gasteiger partial charge in [-0.2, -0.15) is 0 Å². The number of benzene rings is 1. The van der Waals surface area contributed by atoms with Crippen molar-refractivity contribution < 1.29 is 14.6 Å². The molecular formula is C15H18O3. The van der Waals surface area contributed by atoms with Crippen molar-refractivity contribution in [2.45, 2.75) is 25.7 Å². The van der Waals surface area contributed by atoms with E-state index in [0.29, 0.717) is 24.9 Å². The molecule has 96 valence electrons. The van der Waals surface area contributed by atoms with Crippen LogP contribution in [-0.2, 0) is 4.79 Å². The van der Waals surface area contributed by atoms with E-state index in [-0.39, 0.29) is 0 Å². The van der Waals surface area contributed by atoms with Gasteiger partial charge in [-0.1, -0.05) is 18.2 Å². The lowest BCUT2D eigenvalue weighted by Gasteiger charge is -2.25. The van der Waals surface area contributed by atoms with E-state index in [2.05, 4.69) is 0 Å². The molecule has 0 heterocycles. The number of carboxylic acids is 1. The molecule has 18 heavy (non-hydrogen) atoms. The van der Waals surface area contributed by atoms with Crippen molar-refractivity contribution in [3.05, 3.63) is 30.3 Å². The molecule has 0 bridgehead atoms. The van der Waals surface area contributed by atoms with Crippen LogP contribution in [0.25, 0.3) is 0 Å². The third-order valence-electron chi connectivity index (χ3n) is 4.42. The summed E-state index contributed by atoms with van der Waals surface area (Å²) in [7, 11) is 0.